The number of primary sulfonamides is 1. The highest BCUT2D eigenvalue weighted by Crippen LogP contribution is 2.27. The number of benzene rings is 2. The Labute approximate surface area is 125 Å². The van der Waals surface area contributed by atoms with E-state index < -0.39 is 10.0 Å². The van der Waals surface area contributed by atoms with Crippen LogP contribution >= 0.6 is 0 Å². The van der Waals surface area contributed by atoms with Gasteiger partial charge in [0, 0.05) is 6.04 Å². The van der Waals surface area contributed by atoms with E-state index in [0.29, 0.717) is 11.4 Å². The monoisotopic (exact) mass is 305 g/mol. The number of nitrogen functional groups attached to an aromatic ring is 1. The van der Waals surface area contributed by atoms with Gasteiger partial charge in [-0.05, 0) is 43.2 Å². The van der Waals surface area contributed by atoms with Crippen LogP contribution in [0.25, 0.3) is 0 Å². The highest BCUT2D eigenvalue weighted by Gasteiger charge is 2.13. The second-order valence-corrected chi connectivity index (χ2v) is 6.58. The Bertz CT molecular complexity index is 757. The quantitative estimate of drug-likeness (QED) is 0.755. The molecule has 0 heterocycles. The lowest BCUT2D eigenvalue weighted by atomic mass is 10.0. The summed E-state index contributed by atoms with van der Waals surface area (Å²) in [5.74, 6) is 0. The summed E-state index contributed by atoms with van der Waals surface area (Å²) < 4.78 is 22.8. The number of rotatable bonds is 4. The fourth-order valence-electron chi connectivity index (χ4n) is 2.22. The fraction of sp³-hybridized carbons (Fsp3) is 0.200. The van der Waals surface area contributed by atoms with Crippen molar-refractivity contribution in [3.8, 4) is 0 Å². The van der Waals surface area contributed by atoms with E-state index in [1.165, 1.54) is 18.2 Å². The largest absolute Gasteiger partial charge is 0.397 e. The van der Waals surface area contributed by atoms with E-state index in [9.17, 15) is 8.42 Å². The van der Waals surface area contributed by atoms with Gasteiger partial charge in [0.05, 0.1) is 16.3 Å². The Morgan fingerprint density at radius 3 is 2.43 bits per heavy atom. The molecule has 0 fully saturated rings. The van der Waals surface area contributed by atoms with E-state index in [1.54, 1.807) is 0 Å². The third-order valence-corrected chi connectivity index (χ3v) is 4.29. The van der Waals surface area contributed by atoms with Crippen LogP contribution in [0.5, 0.6) is 0 Å². The SMILES string of the molecule is Cc1ccccc1C(C)Nc1cc(S(N)(=O)=O)ccc1N. The van der Waals surface area contributed by atoms with Gasteiger partial charge in [0.15, 0.2) is 0 Å². The van der Waals surface area contributed by atoms with Gasteiger partial charge in [-0.1, -0.05) is 24.3 Å². The van der Waals surface area contributed by atoms with Crippen LogP contribution in [0.2, 0.25) is 0 Å². The zero-order chi connectivity index (χ0) is 15.6. The molecule has 1 atom stereocenters. The highest BCUT2D eigenvalue weighted by molar-refractivity contribution is 7.89. The summed E-state index contributed by atoms with van der Waals surface area (Å²) in [6.45, 7) is 4.02. The first kappa shape index (κ1) is 15.3. The van der Waals surface area contributed by atoms with Gasteiger partial charge in [0.2, 0.25) is 10.0 Å². The maximum atomic E-state index is 11.4. The first-order valence-electron chi connectivity index (χ1n) is 6.53. The Morgan fingerprint density at radius 2 is 1.81 bits per heavy atom. The van der Waals surface area contributed by atoms with Crippen molar-refractivity contribution in [2.75, 3.05) is 11.1 Å². The molecule has 0 aromatic heterocycles. The Balaban J connectivity index is 2.33. The number of anilines is 2. The molecule has 0 saturated carbocycles. The Kier molecular flexibility index (Phi) is 4.20. The molecular weight excluding hydrogens is 286 g/mol. The maximum absolute atomic E-state index is 11.4. The molecule has 112 valence electrons. The smallest absolute Gasteiger partial charge is 0.238 e. The number of sulfonamides is 1. The predicted molar refractivity (Wildman–Crippen MR) is 85.4 cm³/mol. The molecule has 1 unspecified atom stereocenters. The third kappa shape index (κ3) is 3.53. The summed E-state index contributed by atoms with van der Waals surface area (Å²) in [5.41, 5.74) is 9.20. The molecule has 0 amide bonds. The molecule has 0 bridgehead atoms. The second-order valence-electron chi connectivity index (χ2n) is 5.02. The first-order valence-corrected chi connectivity index (χ1v) is 8.08. The van der Waals surface area contributed by atoms with E-state index in [2.05, 4.69) is 5.32 Å². The van der Waals surface area contributed by atoms with Crippen molar-refractivity contribution >= 4 is 21.4 Å². The number of hydrogen-bond donors (Lipinski definition) is 3. The van der Waals surface area contributed by atoms with Gasteiger partial charge < -0.3 is 11.1 Å². The summed E-state index contributed by atoms with van der Waals surface area (Å²) >= 11 is 0. The average molecular weight is 305 g/mol. The molecule has 21 heavy (non-hydrogen) atoms. The van der Waals surface area contributed by atoms with Crippen LogP contribution in [0.1, 0.15) is 24.1 Å². The summed E-state index contributed by atoms with van der Waals surface area (Å²) in [5, 5.41) is 8.38. The van der Waals surface area contributed by atoms with E-state index >= 15 is 0 Å². The van der Waals surface area contributed by atoms with Crippen molar-refractivity contribution in [2.45, 2.75) is 24.8 Å². The lowest BCUT2D eigenvalue weighted by molar-refractivity contribution is 0.598. The van der Waals surface area contributed by atoms with Gasteiger partial charge in [-0.3, -0.25) is 0 Å². The average Bonchev–Trinajstić information content (AvgIpc) is 2.40. The molecule has 5 nitrogen and oxygen atoms in total. The van der Waals surface area contributed by atoms with Crippen molar-refractivity contribution in [3.63, 3.8) is 0 Å². The summed E-state index contributed by atoms with van der Waals surface area (Å²) in [4.78, 5) is 0.0381. The zero-order valence-corrected chi connectivity index (χ0v) is 12.8. The zero-order valence-electron chi connectivity index (χ0n) is 12.0. The molecule has 2 aromatic carbocycles. The number of hydrogen-bond acceptors (Lipinski definition) is 4. The van der Waals surface area contributed by atoms with Crippen LogP contribution < -0.4 is 16.2 Å². The van der Waals surface area contributed by atoms with E-state index in [0.717, 1.165) is 11.1 Å². The van der Waals surface area contributed by atoms with Gasteiger partial charge >= 0.3 is 0 Å². The van der Waals surface area contributed by atoms with Crippen LogP contribution in [0.4, 0.5) is 11.4 Å². The molecule has 0 saturated heterocycles. The molecule has 0 spiro atoms. The molecule has 5 N–H and O–H groups in total. The Morgan fingerprint density at radius 1 is 1.14 bits per heavy atom. The minimum atomic E-state index is -3.75. The molecule has 0 aliphatic heterocycles. The van der Waals surface area contributed by atoms with Gasteiger partial charge in [-0.25, -0.2) is 13.6 Å². The van der Waals surface area contributed by atoms with Gasteiger partial charge in [0.25, 0.3) is 0 Å². The van der Waals surface area contributed by atoms with Crippen LogP contribution in [0.3, 0.4) is 0 Å². The first-order chi connectivity index (χ1) is 9.79. The predicted octanol–water partition coefficient (Wildman–Crippen LogP) is 2.40. The molecule has 2 rings (SSSR count). The normalized spacial score (nSPS) is 12.9. The van der Waals surface area contributed by atoms with Crippen molar-refractivity contribution in [3.05, 3.63) is 53.6 Å². The minimum Gasteiger partial charge on any atom is -0.397 e. The molecule has 6 heteroatoms. The molecule has 2 aromatic rings. The van der Waals surface area contributed by atoms with Crippen LogP contribution in [-0.2, 0) is 10.0 Å². The van der Waals surface area contributed by atoms with Crippen LogP contribution in [0.15, 0.2) is 47.4 Å². The minimum absolute atomic E-state index is 0.00997. The standard InChI is InChI=1S/C15H19N3O2S/c1-10-5-3-4-6-13(10)11(2)18-15-9-12(21(17,19)20)7-8-14(15)16/h3-9,11,18H,16H2,1-2H3,(H2,17,19,20). The molecule has 0 aliphatic rings. The molecule has 0 radical (unpaired) electrons. The van der Waals surface area contributed by atoms with Gasteiger partial charge in [-0.2, -0.15) is 0 Å². The highest BCUT2D eigenvalue weighted by atomic mass is 32.2. The lowest BCUT2D eigenvalue weighted by Crippen LogP contribution is -2.14. The summed E-state index contributed by atoms with van der Waals surface area (Å²) in [6.07, 6.45) is 0. The second kappa shape index (κ2) is 5.75. The number of nitrogens with one attached hydrogen (secondary N) is 1. The van der Waals surface area contributed by atoms with E-state index in [4.69, 9.17) is 10.9 Å². The number of nitrogens with two attached hydrogens (primary N) is 2. The maximum Gasteiger partial charge on any atom is 0.238 e. The third-order valence-electron chi connectivity index (χ3n) is 3.38. The van der Waals surface area contributed by atoms with Crippen molar-refractivity contribution in [1.82, 2.24) is 0 Å². The fourth-order valence-corrected chi connectivity index (χ4v) is 2.76. The molecule has 0 aliphatic carbocycles. The topological polar surface area (TPSA) is 98.2 Å². The van der Waals surface area contributed by atoms with Crippen LogP contribution in [-0.4, -0.2) is 8.42 Å². The Hall–Kier alpha value is -2.05. The van der Waals surface area contributed by atoms with Gasteiger partial charge in [0.1, 0.15) is 0 Å². The number of aryl methyl sites for hydroxylation is 1. The van der Waals surface area contributed by atoms with E-state index in [-0.39, 0.29) is 10.9 Å². The van der Waals surface area contributed by atoms with Gasteiger partial charge in [-0.15, -0.1) is 0 Å². The molecular formula is C15H19N3O2S. The van der Waals surface area contributed by atoms with Crippen molar-refractivity contribution < 1.29 is 8.42 Å². The van der Waals surface area contributed by atoms with Crippen molar-refractivity contribution in [2.24, 2.45) is 5.14 Å². The summed E-state index contributed by atoms with van der Waals surface area (Å²) in [7, 11) is -3.75. The van der Waals surface area contributed by atoms with Crippen LogP contribution in [0, 0.1) is 6.92 Å². The van der Waals surface area contributed by atoms with E-state index in [1.807, 2.05) is 38.1 Å². The lowest BCUT2D eigenvalue weighted by Gasteiger charge is -2.19. The summed E-state index contributed by atoms with van der Waals surface area (Å²) in [6, 6.07) is 12.4. The van der Waals surface area contributed by atoms with Crippen molar-refractivity contribution in [1.29, 1.82) is 0 Å².